The lowest BCUT2D eigenvalue weighted by Crippen LogP contribution is -2.26. The number of ether oxygens (including phenoxy) is 1. The normalized spacial score (nSPS) is 12.2. The highest BCUT2D eigenvalue weighted by molar-refractivity contribution is 5.73. The summed E-state index contributed by atoms with van der Waals surface area (Å²) in [6, 6.07) is 17.4. The fourth-order valence-electron chi connectivity index (χ4n) is 5.44. The molecular formula is C35H45NO3. The summed E-state index contributed by atoms with van der Waals surface area (Å²) in [7, 11) is 0. The number of carbonyl (C=O) groups excluding carboxylic acids is 1. The number of carbonyl (C=O) groups is 1. The average molecular weight is 528 g/mol. The molecule has 1 N–H and O–H groups in total. The van der Waals surface area contributed by atoms with E-state index in [1.54, 1.807) is 6.20 Å². The van der Waals surface area contributed by atoms with Gasteiger partial charge in [0.15, 0.2) is 0 Å². The van der Waals surface area contributed by atoms with Gasteiger partial charge in [-0.15, -0.1) is 0 Å². The molecule has 0 saturated carbocycles. The largest absolute Gasteiger partial charge is 0.466 e. The Kier molecular flexibility index (Phi) is 10.3. The van der Waals surface area contributed by atoms with E-state index in [0.29, 0.717) is 19.4 Å². The summed E-state index contributed by atoms with van der Waals surface area (Å²) in [6.07, 6.45) is 9.40. The molecule has 0 atom stereocenters. The molecule has 0 aliphatic carbocycles. The number of benzene rings is 2. The van der Waals surface area contributed by atoms with Crippen molar-refractivity contribution >= 4 is 12.0 Å². The zero-order chi connectivity index (χ0) is 28.6. The fraction of sp³-hybridized carbons (Fsp3) is 0.429. The van der Waals surface area contributed by atoms with Crippen molar-refractivity contribution < 1.29 is 14.6 Å². The molecule has 0 aliphatic rings. The van der Waals surface area contributed by atoms with Gasteiger partial charge < -0.3 is 9.84 Å². The minimum atomic E-state index is -0.753. The molecule has 0 amide bonds. The number of aryl methyl sites for hydroxylation is 2. The summed E-state index contributed by atoms with van der Waals surface area (Å²) in [4.78, 5) is 16.4. The standard InChI is InChI=1S/C35H45NO3/c1-8-34(38,9-2)20-19-28-14-15-29(21-25(28)6)35(10-3,11-4)30-16-17-31(26(7)22-30)32-18-13-27(24-36-32)23-33(37)39-12-5/h13-22,24,38H,8-12,23H2,1-7H3. The van der Waals surface area contributed by atoms with Crippen LogP contribution in [0.5, 0.6) is 0 Å². The van der Waals surface area contributed by atoms with Gasteiger partial charge in [0.25, 0.3) is 0 Å². The molecule has 0 bridgehead atoms. The van der Waals surface area contributed by atoms with E-state index >= 15 is 0 Å². The topological polar surface area (TPSA) is 59.4 Å². The molecule has 208 valence electrons. The highest BCUT2D eigenvalue weighted by Crippen LogP contribution is 2.41. The van der Waals surface area contributed by atoms with Crippen LogP contribution in [0.2, 0.25) is 0 Å². The Morgan fingerprint density at radius 1 is 0.872 bits per heavy atom. The highest BCUT2D eigenvalue weighted by atomic mass is 16.5. The van der Waals surface area contributed by atoms with Crippen molar-refractivity contribution in [2.45, 2.75) is 91.6 Å². The van der Waals surface area contributed by atoms with Gasteiger partial charge in [0.2, 0.25) is 0 Å². The van der Waals surface area contributed by atoms with E-state index in [-0.39, 0.29) is 17.8 Å². The predicted octanol–water partition coefficient (Wildman–Crippen LogP) is 8.14. The first-order valence-corrected chi connectivity index (χ1v) is 14.4. The van der Waals surface area contributed by atoms with E-state index in [4.69, 9.17) is 4.74 Å². The molecule has 1 aromatic heterocycles. The maximum Gasteiger partial charge on any atom is 0.310 e. The van der Waals surface area contributed by atoms with Gasteiger partial charge in [-0.3, -0.25) is 9.78 Å². The molecule has 0 aliphatic heterocycles. The molecule has 39 heavy (non-hydrogen) atoms. The Balaban J connectivity index is 1.92. The predicted molar refractivity (Wildman–Crippen MR) is 162 cm³/mol. The first-order chi connectivity index (χ1) is 18.6. The summed E-state index contributed by atoms with van der Waals surface area (Å²) in [5.74, 6) is -0.231. The van der Waals surface area contributed by atoms with Gasteiger partial charge in [-0.2, -0.15) is 0 Å². The zero-order valence-corrected chi connectivity index (χ0v) is 24.8. The van der Waals surface area contributed by atoms with E-state index in [1.807, 2.05) is 39.0 Å². The van der Waals surface area contributed by atoms with E-state index in [0.717, 1.165) is 35.2 Å². The maximum atomic E-state index is 11.8. The van der Waals surface area contributed by atoms with Gasteiger partial charge in [0.05, 0.1) is 24.3 Å². The minimum absolute atomic E-state index is 0.0964. The van der Waals surface area contributed by atoms with Gasteiger partial charge in [-0.25, -0.2) is 0 Å². The fourth-order valence-corrected chi connectivity index (χ4v) is 5.44. The first-order valence-electron chi connectivity index (χ1n) is 14.4. The summed E-state index contributed by atoms with van der Waals surface area (Å²) in [5.41, 5.74) is 8.16. The van der Waals surface area contributed by atoms with E-state index in [2.05, 4.69) is 75.2 Å². The summed E-state index contributed by atoms with van der Waals surface area (Å²) in [6.45, 7) is 15.1. The van der Waals surface area contributed by atoms with Gasteiger partial charge in [-0.1, -0.05) is 82.3 Å². The van der Waals surface area contributed by atoms with Gasteiger partial charge >= 0.3 is 5.97 Å². The lowest BCUT2D eigenvalue weighted by molar-refractivity contribution is -0.142. The van der Waals surface area contributed by atoms with Crippen molar-refractivity contribution in [3.63, 3.8) is 0 Å². The Morgan fingerprint density at radius 2 is 1.51 bits per heavy atom. The Bertz CT molecular complexity index is 1280. The molecule has 2 aromatic carbocycles. The SMILES string of the molecule is CCOC(=O)Cc1ccc(-c2ccc(C(CC)(CC)c3ccc(C=CC(O)(CC)CC)c(C)c3)cc2C)nc1. The number of aromatic nitrogens is 1. The third-order valence-corrected chi connectivity index (χ3v) is 8.36. The van der Waals surface area contributed by atoms with Crippen LogP contribution in [-0.4, -0.2) is 28.3 Å². The van der Waals surface area contributed by atoms with E-state index in [9.17, 15) is 9.90 Å². The second-order valence-electron chi connectivity index (χ2n) is 10.6. The molecule has 3 aromatic rings. The van der Waals surface area contributed by atoms with Crippen molar-refractivity contribution in [2.24, 2.45) is 0 Å². The average Bonchev–Trinajstić information content (AvgIpc) is 2.94. The van der Waals surface area contributed by atoms with Gasteiger partial charge in [-0.05, 0) is 85.9 Å². The monoisotopic (exact) mass is 527 g/mol. The number of hydrogen-bond donors (Lipinski definition) is 1. The Hall–Kier alpha value is -3.24. The zero-order valence-electron chi connectivity index (χ0n) is 24.8. The highest BCUT2D eigenvalue weighted by Gasteiger charge is 2.31. The van der Waals surface area contributed by atoms with Crippen molar-refractivity contribution in [3.8, 4) is 11.3 Å². The molecule has 4 heteroatoms. The Labute approximate surface area is 235 Å². The van der Waals surface area contributed by atoms with Crippen LogP contribution in [0.25, 0.3) is 17.3 Å². The Morgan fingerprint density at radius 3 is 2.03 bits per heavy atom. The third kappa shape index (κ3) is 6.86. The second-order valence-corrected chi connectivity index (χ2v) is 10.6. The second kappa shape index (κ2) is 13.2. The minimum Gasteiger partial charge on any atom is -0.466 e. The van der Waals surface area contributed by atoms with Crippen molar-refractivity contribution in [1.29, 1.82) is 0 Å². The third-order valence-electron chi connectivity index (χ3n) is 8.36. The van der Waals surface area contributed by atoms with Crippen LogP contribution in [0.4, 0.5) is 0 Å². The van der Waals surface area contributed by atoms with Gasteiger partial charge in [0.1, 0.15) is 0 Å². The van der Waals surface area contributed by atoms with E-state index in [1.165, 1.54) is 22.3 Å². The van der Waals surface area contributed by atoms with Crippen LogP contribution in [0.15, 0.2) is 60.8 Å². The first kappa shape index (κ1) is 30.3. The summed E-state index contributed by atoms with van der Waals surface area (Å²) < 4.78 is 5.05. The number of rotatable bonds is 12. The summed E-state index contributed by atoms with van der Waals surface area (Å²) in [5, 5.41) is 10.7. The molecule has 0 unspecified atom stereocenters. The quantitative estimate of drug-likeness (QED) is 0.242. The molecule has 3 rings (SSSR count). The number of esters is 1. The van der Waals surface area contributed by atoms with Crippen molar-refractivity contribution in [2.75, 3.05) is 6.61 Å². The molecule has 0 fully saturated rings. The summed E-state index contributed by atoms with van der Waals surface area (Å²) >= 11 is 0. The molecule has 0 spiro atoms. The lowest BCUT2D eigenvalue weighted by Gasteiger charge is -2.34. The smallest absolute Gasteiger partial charge is 0.310 e. The van der Waals surface area contributed by atoms with Crippen molar-refractivity contribution in [3.05, 3.63) is 94.2 Å². The molecule has 0 radical (unpaired) electrons. The number of hydrogen-bond acceptors (Lipinski definition) is 4. The van der Waals surface area contributed by atoms with E-state index < -0.39 is 5.60 Å². The van der Waals surface area contributed by atoms with Crippen LogP contribution in [0.1, 0.15) is 93.7 Å². The molecule has 1 heterocycles. The lowest BCUT2D eigenvalue weighted by atomic mass is 9.69. The van der Waals surface area contributed by atoms with Crippen LogP contribution in [0.3, 0.4) is 0 Å². The van der Waals surface area contributed by atoms with Crippen molar-refractivity contribution in [1.82, 2.24) is 4.98 Å². The number of aliphatic hydroxyl groups is 1. The number of pyridine rings is 1. The molecule has 4 nitrogen and oxygen atoms in total. The molecule has 0 saturated heterocycles. The molecular weight excluding hydrogens is 482 g/mol. The van der Waals surface area contributed by atoms with Crippen LogP contribution < -0.4 is 0 Å². The van der Waals surface area contributed by atoms with Crippen LogP contribution in [0, 0.1) is 13.8 Å². The van der Waals surface area contributed by atoms with Crippen LogP contribution in [-0.2, 0) is 21.4 Å². The maximum absolute atomic E-state index is 11.8. The van der Waals surface area contributed by atoms with Gasteiger partial charge in [0, 0.05) is 17.2 Å². The number of nitrogens with zero attached hydrogens (tertiary/aromatic N) is 1. The van der Waals surface area contributed by atoms with Crippen LogP contribution >= 0.6 is 0 Å².